The first-order valence-corrected chi connectivity index (χ1v) is 9.20. The highest BCUT2D eigenvalue weighted by Crippen LogP contribution is 2.23. The molecule has 0 fully saturated rings. The summed E-state index contributed by atoms with van der Waals surface area (Å²) >= 11 is 7.04. The second kappa shape index (κ2) is 6.82. The topological polar surface area (TPSA) is 52.5 Å². The Kier molecular flexibility index (Phi) is 4.38. The van der Waals surface area contributed by atoms with Crippen LogP contribution in [0.4, 0.5) is 0 Å². The fourth-order valence-corrected chi connectivity index (χ4v) is 3.67. The van der Waals surface area contributed by atoms with Crippen molar-refractivity contribution in [1.29, 1.82) is 0 Å². The average Bonchev–Trinajstić information content (AvgIpc) is 3.10. The lowest BCUT2D eigenvalue weighted by Gasteiger charge is -2.04. The number of nitrogens with zero attached hydrogens (tertiary/aromatic N) is 2. The number of rotatable bonds is 3. The van der Waals surface area contributed by atoms with E-state index in [9.17, 15) is 0 Å². The van der Waals surface area contributed by atoms with Crippen LogP contribution < -0.4 is 5.43 Å². The van der Waals surface area contributed by atoms with Gasteiger partial charge in [0.05, 0.1) is 0 Å². The monoisotopic (exact) mass is 364 g/mol. The quantitative estimate of drug-likeness (QED) is 0.527. The zero-order valence-electron chi connectivity index (χ0n) is 13.6. The summed E-state index contributed by atoms with van der Waals surface area (Å²) in [4.78, 5) is 7.85. The maximum Gasteiger partial charge on any atom is 0.187 e. The highest BCUT2D eigenvalue weighted by molar-refractivity contribution is 8.15. The number of aryl methyl sites for hydroxylation is 1. The highest BCUT2D eigenvalue weighted by Gasteiger charge is 2.18. The minimum absolute atomic E-state index is 0.141. The van der Waals surface area contributed by atoms with Crippen LogP contribution in [0.3, 0.4) is 0 Å². The van der Waals surface area contributed by atoms with Crippen molar-refractivity contribution >= 4 is 46.1 Å². The Hall–Kier alpha value is -2.44. The molecule has 2 heterocycles. The third-order valence-corrected chi connectivity index (χ3v) is 5.24. The molecule has 2 aromatic carbocycles. The minimum atomic E-state index is -0.141. The number of thioether (sulfide) groups is 1. The molecule has 0 amide bonds. The van der Waals surface area contributed by atoms with E-state index < -0.39 is 0 Å². The van der Waals surface area contributed by atoms with E-state index in [1.807, 2.05) is 36.5 Å². The number of aromatic amines is 1. The van der Waals surface area contributed by atoms with Crippen molar-refractivity contribution in [3.63, 3.8) is 0 Å². The van der Waals surface area contributed by atoms with Gasteiger partial charge < -0.3 is 4.98 Å². The lowest BCUT2D eigenvalue weighted by Crippen LogP contribution is -2.12. The van der Waals surface area contributed by atoms with E-state index in [4.69, 9.17) is 12.2 Å². The van der Waals surface area contributed by atoms with Gasteiger partial charge in [0.15, 0.2) is 5.50 Å². The van der Waals surface area contributed by atoms with E-state index in [1.54, 1.807) is 11.8 Å². The highest BCUT2D eigenvalue weighted by atomic mass is 32.2. The van der Waals surface area contributed by atoms with Crippen LogP contribution in [0.25, 0.3) is 10.9 Å². The number of H-pyrrole nitrogens is 1. The van der Waals surface area contributed by atoms with Crippen LogP contribution >= 0.6 is 24.0 Å². The Balaban J connectivity index is 1.54. The van der Waals surface area contributed by atoms with Gasteiger partial charge in [0, 0.05) is 22.9 Å². The second-order valence-electron chi connectivity index (χ2n) is 5.80. The third-order valence-electron chi connectivity index (χ3n) is 3.90. The molecule has 0 aliphatic carbocycles. The molecule has 6 heteroatoms. The first-order valence-electron chi connectivity index (χ1n) is 7.91. The Morgan fingerprint density at radius 3 is 2.84 bits per heavy atom. The van der Waals surface area contributed by atoms with Gasteiger partial charge >= 0.3 is 0 Å². The first-order chi connectivity index (χ1) is 12.2. The molecule has 0 spiro atoms. The Labute approximate surface area is 155 Å². The summed E-state index contributed by atoms with van der Waals surface area (Å²) in [5, 5.41) is 6.44. The molecular formula is C19H16N4S2. The van der Waals surface area contributed by atoms with Gasteiger partial charge in [-0.15, -0.1) is 0 Å². The van der Waals surface area contributed by atoms with Crippen LogP contribution in [0.1, 0.15) is 16.7 Å². The predicted molar refractivity (Wildman–Crippen MR) is 109 cm³/mol. The van der Waals surface area contributed by atoms with Crippen molar-refractivity contribution in [3.05, 3.63) is 75.9 Å². The van der Waals surface area contributed by atoms with E-state index in [-0.39, 0.29) is 5.50 Å². The molecular weight excluding hydrogens is 348 g/mol. The van der Waals surface area contributed by atoms with Crippen molar-refractivity contribution < 1.29 is 0 Å². The summed E-state index contributed by atoms with van der Waals surface area (Å²) in [5.74, 6) is 0. The molecule has 4 nitrogen and oxygen atoms in total. The molecule has 1 atom stereocenters. The fourth-order valence-electron chi connectivity index (χ4n) is 2.64. The lowest BCUT2D eigenvalue weighted by atomic mass is 10.1. The summed E-state index contributed by atoms with van der Waals surface area (Å²) in [6.07, 6.45) is 1.81. The summed E-state index contributed by atoms with van der Waals surface area (Å²) in [6, 6.07) is 18.4. The number of pyridine rings is 1. The fraction of sp³-hybridized carbons (Fsp3) is 0.105. The van der Waals surface area contributed by atoms with E-state index in [0.29, 0.717) is 4.64 Å². The Morgan fingerprint density at radius 2 is 2.00 bits per heavy atom. The number of benzene rings is 2. The average molecular weight is 364 g/mol. The van der Waals surface area contributed by atoms with Crippen molar-refractivity contribution in [2.45, 2.75) is 12.4 Å². The molecule has 1 aliphatic heterocycles. The molecule has 2 N–H and O–H groups in total. The molecule has 0 saturated heterocycles. The molecule has 1 aromatic heterocycles. The van der Waals surface area contributed by atoms with Crippen LogP contribution in [0.5, 0.6) is 0 Å². The van der Waals surface area contributed by atoms with Gasteiger partial charge in [0.2, 0.25) is 0 Å². The summed E-state index contributed by atoms with van der Waals surface area (Å²) in [5.41, 5.74) is 7.16. The van der Waals surface area contributed by atoms with Gasteiger partial charge in [-0.05, 0) is 30.5 Å². The van der Waals surface area contributed by atoms with Gasteiger partial charge in [-0.1, -0.05) is 65.9 Å². The van der Waals surface area contributed by atoms with Crippen LogP contribution in [-0.4, -0.2) is 21.7 Å². The number of aliphatic imine (C=N–C) groups is 1. The largest absolute Gasteiger partial charge is 0.346 e. The maximum atomic E-state index is 5.45. The van der Waals surface area contributed by atoms with Gasteiger partial charge in [-0.2, -0.15) is 5.10 Å². The summed E-state index contributed by atoms with van der Waals surface area (Å²) < 4.78 is 0.687. The molecule has 4 rings (SSSR count). The van der Waals surface area contributed by atoms with Crippen molar-refractivity contribution in [3.8, 4) is 0 Å². The van der Waals surface area contributed by atoms with E-state index in [0.717, 1.165) is 27.1 Å². The maximum absolute atomic E-state index is 5.45. The molecule has 3 aromatic rings. The SMILES string of the molecule is Cc1ccc2[nH]c(=S)c(/C=N/C3NN=C(c4ccccc4)S3)cc2c1. The van der Waals surface area contributed by atoms with Gasteiger partial charge in [0.1, 0.15) is 9.68 Å². The first kappa shape index (κ1) is 16.1. The minimum Gasteiger partial charge on any atom is -0.346 e. The number of hydrogen-bond donors (Lipinski definition) is 2. The third kappa shape index (κ3) is 3.50. The number of hydrogen-bond acceptors (Lipinski definition) is 5. The van der Waals surface area contributed by atoms with Crippen LogP contribution in [0, 0.1) is 11.6 Å². The molecule has 124 valence electrons. The second-order valence-corrected chi connectivity index (χ2v) is 7.28. The molecule has 25 heavy (non-hydrogen) atoms. The molecule has 1 unspecified atom stereocenters. The van der Waals surface area contributed by atoms with Gasteiger partial charge in [0.25, 0.3) is 0 Å². The van der Waals surface area contributed by atoms with Crippen LogP contribution in [-0.2, 0) is 0 Å². The predicted octanol–water partition coefficient (Wildman–Crippen LogP) is 4.61. The van der Waals surface area contributed by atoms with Crippen molar-refractivity contribution in [2.75, 3.05) is 0 Å². The molecule has 0 radical (unpaired) electrons. The molecule has 0 bridgehead atoms. The number of nitrogens with one attached hydrogen (secondary N) is 2. The lowest BCUT2D eigenvalue weighted by molar-refractivity contribution is 0.733. The van der Waals surface area contributed by atoms with Gasteiger partial charge in [-0.3, -0.25) is 10.4 Å². The van der Waals surface area contributed by atoms with Crippen LogP contribution in [0.15, 0.2) is 64.7 Å². The van der Waals surface area contributed by atoms with E-state index in [1.165, 1.54) is 5.56 Å². The standard InChI is InChI=1S/C19H16N4S2/c1-12-7-8-16-14(9-12)10-15(17(24)21-16)11-20-19-23-22-18(25-19)13-5-3-2-4-6-13/h2-11,19,23H,1H3,(H,21,24)/b20-11+. The molecule has 1 aliphatic rings. The molecule has 0 saturated carbocycles. The zero-order valence-corrected chi connectivity index (χ0v) is 15.2. The van der Waals surface area contributed by atoms with Crippen molar-refractivity contribution in [2.24, 2.45) is 10.1 Å². The van der Waals surface area contributed by atoms with E-state index in [2.05, 4.69) is 51.7 Å². The number of fused-ring (bicyclic) bond motifs is 1. The number of aromatic nitrogens is 1. The Bertz CT molecular complexity index is 1040. The van der Waals surface area contributed by atoms with Crippen molar-refractivity contribution in [1.82, 2.24) is 10.4 Å². The van der Waals surface area contributed by atoms with Gasteiger partial charge in [-0.25, -0.2) is 0 Å². The normalized spacial score (nSPS) is 17.0. The smallest absolute Gasteiger partial charge is 0.187 e. The van der Waals surface area contributed by atoms with E-state index >= 15 is 0 Å². The van der Waals surface area contributed by atoms with Crippen LogP contribution in [0.2, 0.25) is 0 Å². The summed E-state index contributed by atoms with van der Waals surface area (Å²) in [6.45, 7) is 2.08. The Morgan fingerprint density at radius 1 is 1.16 bits per heavy atom. The zero-order chi connectivity index (χ0) is 17.2. The summed E-state index contributed by atoms with van der Waals surface area (Å²) in [7, 11) is 0. The number of hydrazone groups is 1.